The summed E-state index contributed by atoms with van der Waals surface area (Å²) in [5.74, 6) is 0.144. The molecule has 1 saturated heterocycles. The monoisotopic (exact) mass is 330 g/mol. The second-order valence-electron chi connectivity index (χ2n) is 4.77. The van der Waals surface area contributed by atoms with E-state index < -0.39 is 0 Å². The molecule has 1 aromatic rings. The Bertz CT molecular complexity index is 570. The molecular weight excluding hydrogens is 315 g/mol. The van der Waals surface area contributed by atoms with Crippen molar-refractivity contribution in [3.05, 3.63) is 27.7 Å². The van der Waals surface area contributed by atoms with Gasteiger partial charge >= 0.3 is 0 Å². The van der Waals surface area contributed by atoms with Crippen LogP contribution in [0.25, 0.3) is 0 Å². The number of ether oxygens (including phenoxy) is 1. The molecule has 1 aliphatic heterocycles. The molecule has 0 bridgehead atoms. The second-order valence-corrected chi connectivity index (χ2v) is 5.61. The maximum Gasteiger partial charge on any atom is 0.257 e. The Balaban J connectivity index is 2.20. The van der Waals surface area contributed by atoms with E-state index in [0.29, 0.717) is 47.5 Å². The number of hydrogen-bond acceptors (Lipinski definition) is 3. The van der Waals surface area contributed by atoms with Gasteiger partial charge in [0.25, 0.3) is 5.91 Å². The average molecular weight is 331 g/mol. The first-order chi connectivity index (χ1) is 9.93. The second kappa shape index (κ2) is 6.54. The van der Waals surface area contributed by atoms with E-state index in [-0.39, 0.29) is 11.8 Å². The van der Waals surface area contributed by atoms with Gasteiger partial charge in [-0.05, 0) is 12.1 Å². The van der Waals surface area contributed by atoms with Gasteiger partial charge in [0.15, 0.2) is 0 Å². The molecule has 0 N–H and O–H groups in total. The van der Waals surface area contributed by atoms with Crippen LogP contribution in [0.5, 0.6) is 5.75 Å². The summed E-state index contributed by atoms with van der Waals surface area (Å²) in [5.41, 5.74) is 0.339. The maximum atomic E-state index is 12.6. The molecule has 0 radical (unpaired) electrons. The average Bonchev–Trinajstić information content (AvgIpc) is 2.46. The summed E-state index contributed by atoms with van der Waals surface area (Å²) in [4.78, 5) is 27.3. The highest BCUT2D eigenvalue weighted by Crippen LogP contribution is 2.33. The van der Waals surface area contributed by atoms with Crippen molar-refractivity contribution in [1.29, 1.82) is 0 Å². The minimum atomic E-state index is -0.195. The number of rotatable bonds is 2. The summed E-state index contributed by atoms with van der Waals surface area (Å²) in [6.07, 6.45) is 0. The van der Waals surface area contributed by atoms with E-state index in [2.05, 4.69) is 0 Å². The van der Waals surface area contributed by atoms with E-state index in [9.17, 15) is 9.59 Å². The summed E-state index contributed by atoms with van der Waals surface area (Å²) in [7, 11) is 1.46. The Labute approximate surface area is 133 Å². The first-order valence-electron chi connectivity index (χ1n) is 6.52. The number of hydrogen-bond donors (Lipinski definition) is 0. The number of nitrogens with zero attached hydrogens (tertiary/aromatic N) is 2. The van der Waals surface area contributed by atoms with Crippen LogP contribution in [0, 0.1) is 0 Å². The Hall–Kier alpha value is -1.46. The highest BCUT2D eigenvalue weighted by atomic mass is 35.5. The summed E-state index contributed by atoms with van der Waals surface area (Å²) in [5, 5.41) is 0.683. The van der Waals surface area contributed by atoms with E-state index in [1.54, 1.807) is 15.9 Å². The van der Waals surface area contributed by atoms with Gasteiger partial charge in [0.05, 0.1) is 17.7 Å². The fourth-order valence-electron chi connectivity index (χ4n) is 2.32. The molecule has 0 unspecified atom stereocenters. The molecule has 7 heteroatoms. The molecule has 0 atom stereocenters. The van der Waals surface area contributed by atoms with Crippen LogP contribution in [0.4, 0.5) is 0 Å². The molecule has 0 spiro atoms. The van der Waals surface area contributed by atoms with Gasteiger partial charge in [0.2, 0.25) is 5.91 Å². The fourth-order valence-corrected chi connectivity index (χ4v) is 2.89. The topological polar surface area (TPSA) is 49.9 Å². The van der Waals surface area contributed by atoms with Gasteiger partial charge in [0.1, 0.15) is 5.75 Å². The number of benzene rings is 1. The van der Waals surface area contributed by atoms with E-state index >= 15 is 0 Å². The Morgan fingerprint density at radius 3 is 2.19 bits per heavy atom. The molecule has 2 amide bonds. The highest BCUT2D eigenvalue weighted by molar-refractivity contribution is 6.36. The largest absolute Gasteiger partial charge is 0.494 e. The minimum absolute atomic E-state index is 0.0190. The maximum absolute atomic E-state index is 12.6. The Morgan fingerprint density at radius 2 is 1.67 bits per heavy atom. The van der Waals surface area contributed by atoms with E-state index in [1.165, 1.54) is 20.1 Å². The zero-order valence-electron chi connectivity index (χ0n) is 11.9. The van der Waals surface area contributed by atoms with E-state index in [0.717, 1.165) is 0 Å². The molecule has 0 aliphatic carbocycles. The van der Waals surface area contributed by atoms with Gasteiger partial charge in [-0.2, -0.15) is 0 Å². The quantitative estimate of drug-likeness (QED) is 0.836. The van der Waals surface area contributed by atoms with Crippen LogP contribution in [-0.4, -0.2) is 54.9 Å². The fraction of sp³-hybridized carbons (Fsp3) is 0.429. The standard InChI is InChI=1S/C14H16Cl2N2O3/c1-9(19)17-3-5-18(6-4-17)14(20)11-7-10(15)8-12(16)13(11)21-2/h7-8H,3-6H2,1-2H3. The van der Waals surface area contributed by atoms with Crippen molar-refractivity contribution in [1.82, 2.24) is 9.80 Å². The first kappa shape index (κ1) is 15.9. The number of methoxy groups -OCH3 is 1. The third kappa shape index (κ3) is 3.41. The van der Waals surface area contributed by atoms with Gasteiger partial charge in [-0.1, -0.05) is 23.2 Å². The lowest BCUT2D eigenvalue weighted by atomic mass is 10.1. The van der Waals surface area contributed by atoms with Gasteiger partial charge < -0.3 is 14.5 Å². The Morgan fingerprint density at radius 1 is 1.10 bits per heavy atom. The third-order valence-electron chi connectivity index (χ3n) is 3.46. The molecule has 1 fully saturated rings. The van der Waals surface area contributed by atoms with Crippen molar-refractivity contribution in [2.75, 3.05) is 33.3 Å². The number of amides is 2. The van der Waals surface area contributed by atoms with E-state index in [4.69, 9.17) is 27.9 Å². The molecular formula is C14H16Cl2N2O3. The van der Waals surface area contributed by atoms with Gasteiger partial charge in [-0.3, -0.25) is 9.59 Å². The molecule has 0 saturated carbocycles. The number of piperazine rings is 1. The number of carbonyl (C=O) groups is 2. The van der Waals surface area contributed by atoms with Gasteiger partial charge in [-0.15, -0.1) is 0 Å². The summed E-state index contributed by atoms with van der Waals surface area (Å²) >= 11 is 12.0. The molecule has 2 rings (SSSR count). The molecule has 1 aromatic carbocycles. The normalized spacial score (nSPS) is 15.0. The first-order valence-corrected chi connectivity index (χ1v) is 7.27. The van der Waals surface area contributed by atoms with Crippen LogP contribution in [-0.2, 0) is 4.79 Å². The van der Waals surface area contributed by atoms with Crippen LogP contribution in [0.15, 0.2) is 12.1 Å². The number of halogens is 2. The summed E-state index contributed by atoms with van der Waals surface area (Å²) < 4.78 is 5.20. The van der Waals surface area contributed by atoms with Crippen LogP contribution in [0.1, 0.15) is 17.3 Å². The zero-order chi connectivity index (χ0) is 15.6. The molecule has 0 aromatic heterocycles. The lowest BCUT2D eigenvalue weighted by Crippen LogP contribution is -2.50. The molecule has 114 valence electrons. The number of carbonyl (C=O) groups excluding carboxylic acids is 2. The lowest BCUT2D eigenvalue weighted by Gasteiger charge is -2.34. The van der Waals surface area contributed by atoms with Crippen molar-refractivity contribution in [2.45, 2.75) is 6.92 Å². The highest BCUT2D eigenvalue weighted by Gasteiger charge is 2.26. The SMILES string of the molecule is COc1c(Cl)cc(Cl)cc1C(=O)N1CCN(C(C)=O)CC1. The van der Waals surface area contributed by atoms with Gasteiger partial charge in [0, 0.05) is 38.1 Å². The zero-order valence-corrected chi connectivity index (χ0v) is 13.4. The van der Waals surface area contributed by atoms with Gasteiger partial charge in [-0.25, -0.2) is 0 Å². The van der Waals surface area contributed by atoms with Crippen LogP contribution in [0.3, 0.4) is 0 Å². The third-order valence-corrected chi connectivity index (χ3v) is 3.95. The van der Waals surface area contributed by atoms with Crippen molar-refractivity contribution >= 4 is 35.0 Å². The van der Waals surface area contributed by atoms with Crippen molar-refractivity contribution in [3.63, 3.8) is 0 Å². The summed E-state index contributed by atoms with van der Waals surface area (Å²) in [6.45, 7) is 3.53. The van der Waals surface area contributed by atoms with Crippen LogP contribution in [0.2, 0.25) is 10.0 Å². The predicted molar refractivity (Wildman–Crippen MR) is 81.2 cm³/mol. The molecule has 1 aliphatic rings. The Kier molecular flexibility index (Phi) is 4.96. The van der Waals surface area contributed by atoms with E-state index in [1.807, 2.05) is 0 Å². The van der Waals surface area contributed by atoms with Crippen molar-refractivity contribution in [3.8, 4) is 5.75 Å². The molecule has 21 heavy (non-hydrogen) atoms. The van der Waals surface area contributed by atoms with Crippen molar-refractivity contribution < 1.29 is 14.3 Å². The lowest BCUT2D eigenvalue weighted by molar-refractivity contribution is -0.130. The van der Waals surface area contributed by atoms with Crippen LogP contribution < -0.4 is 4.74 Å². The summed E-state index contributed by atoms with van der Waals surface area (Å²) in [6, 6.07) is 3.08. The smallest absolute Gasteiger partial charge is 0.257 e. The van der Waals surface area contributed by atoms with Crippen LogP contribution >= 0.6 is 23.2 Å². The predicted octanol–water partition coefficient (Wildman–Crippen LogP) is 2.31. The molecule has 1 heterocycles. The van der Waals surface area contributed by atoms with Crippen molar-refractivity contribution in [2.24, 2.45) is 0 Å². The molecule has 5 nitrogen and oxygen atoms in total. The minimum Gasteiger partial charge on any atom is -0.494 e.